The molecule has 0 radical (unpaired) electrons. The lowest BCUT2D eigenvalue weighted by Crippen LogP contribution is -2.39. The van der Waals surface area contributed by atoms with Gasteiger partial charge in [-0.1, -0.05) is 33.1 Å². The van der Waals surface area contributed by atoms with Crippen LogP contribution in [-0.4, -0.2) is 17.7 Å². The van der Waals surface area contributed by atoms with Crippen molar-refractivity contribution in [2.45, 2.75) is 52.0 Å². The van der Waals surface area contributed by atoms with Crippen molar-refractivity contribution in [3.8, 4) is 0 Å². The molecule has 1 unspecified atom stereocenters. The number of rotatable bonds is 6. The molecule has 0 saturated carbocycles. The fraction of sp³-hybridized carbons (Fsp3) is 0.500. The number of carbonyl (C=O) groups is 2. The minimum atomic E-state index is -0.606. The van der Waals surface area contributed by atoms with Gasteiger partial charge in [0.2, 0.25) is 0 Å². The first-order chi connectivity index (χ1) is 10.0. The van der Waals surface area contributed by atoms with Gasteiger partial charge in [-0.2, -0.15) is 0 Å². The van der Waals surface area contributed by atoms with Gasteiger partial charge >= 0.3 is 0 Å². The molecule has 0 bridgehead atoms. The zero-order valence-electron chi connectivity index (χ0n) is 12.3. The Labute approximate surface area is 132 Å². The summed E-state index contributed by atoms with van der Waals surface area (Å²) in [4.78, 5) is 25.9. The largest absolute Gasteiger partial charge is 0.302 e. The molecule has 1 amide bonds. The van der Waals surface area contributed by atoms with Crippen LogP contribution in [0.5, 0.6) is 0 Å². The van der Waals surface area contributed by atoms with E-state index in [0.717, 1.165) is 38.2 Å². The van der Waals surface area contributed by atoms with Gasteiger partial charge in [0, 0.05) is 6.04 Å². The van der Waals surface area contributed by atoms with Crippen molar-refractivity contribution in [1.82, 2.24) is 0 Å². The number of halogens is 2. The highest BCUT2D eigenvalue weighted by molar-refractivity contribution is 9.10. The third-order valence-electron chi connectivity index (χ3n) is 3.93. The van der Waals surface area contributed by atoms with Gasteiger partial charge in [-0.15, -0.1) is 0 Å². The second-order valence-corrected chi connectivity index (χ2v) is 6.20. The highest BCUT2D eigenvalue weighted by Crippen LogP contribution is 2.36. The van der Waals surface area contributed by atoms with Gasteiger partial charge in [0.15, 0.2) is 0 Å². The normalized spacial score (nSPS) is 15.5. The highest BCUT2D eigenvalue weighted by Gasteiger charge is 2.39. The van der Waals surface area contributed by atoms with E-state index in [4.69, 9.17) is 0 Å². The summed E-state index contributed by atoms with van der Waals surface area (Å²) >= 11 is 3.13. The summed E-state index contributed by atoms with van der Waals surface area (Å²) in [7, 11) is 0. The SMILES string of the molecule is CCCCCC(CC)N1C(=O)C(=O)c2cc(F)c(Br)cc21. The topological polar surface area (TPSA) is 37.4 Å². The van der Waals surface area contributed by atoms with Crippen LogP contribution in [0.3, 0.4) is 0 Å². The molecule has 114 valence electrons. The number of unbranched alkanes of at least 4 members (excludes halogenated alkanes) is 2. The summed E-state index contributed by atoms with van der Waals surface area (Å²) < 4.78 is 13.9. The molecule has 3 nitrogen and oxygen atoms in total. The summed E-state index contributed by atoms with van der Waals surface area (Å²) in [5.41, 5.74) is 0.705. The second-order valence-electron chi connectivity index (χ2n) is 5.35. The maximum absolute atomic E-state index is 13.6. The average Bonchev–Trinajstić information content (AvgIpc) is 2.69. The molecule has 0 fully saturated rings. The van der Waals surface area contributed by atoms with Crippen molar-refractivity contribution >= 4 is 33.3 Å². The number of amides is 1. The first-order valence-electron chi connectivity index (χ1n) is 7.38. The molecule has 1 heterocycles. The molecule has 0 aromatic heterocycles. The maximum atomic E-state index is 13.6. The van der Waals surface area contributed by atoms with E-state index in [1.165, 1.54) is 6.07 Å². The van der Waals surface area contributed by atoms with Crippen LogP contribution in [0.15, 0.2) is 16.6 Å². The Bertz CT molecular complexity index is 574. The van der Waals surface area contributed by atoms with Crippen LogP contribution in [0.4, 0.5) is 10.1 Å². The number of hydrogen-bond acceptors (Lipinski definition) is 2. The van der Waals surface area contributed by atoms with E-state index in [1.807, 2.05) is 6.92 Å². The minimum Gasteiger partial charge on any atom is -0.302 e. The Morgan fingerprint density at radius 3 is 2.57 bits per heavy atom. The van der Waals surface area contributed by atoms with Gasteiger partial charge in [0.05, 0.1) is 15.7 Å². The summed E-state index contributed by atoms with van der Waals surface area (Å²) in [6, 6.07) is 2.68. The quantitative estimate of drug-likeness (QED) is 0.557. The number of fused-ring (bicyclic) bond motifs is 1. The molecular formula is C16H19BrFNO2. The zero-order valence-corrected chi connectivity index (χ0v) is 13.9. The van der Waals surface area contributed by atoms with Gasteiger partial charge in [0.1, 0.15) is 5.82 Å². The Kier molecular flexibility index (Phi) is 5.14. The fourth-order valence-electron chi connectivity index (χ4n) is 2.76. The van der Waals surface area contributed by atoms with Crippen molar-refractivity contribution in [2.24, 2.45) is 0 Å². The molecule has 1 aromatic rings. The Hall–Kier alpha value is -1.23. The van der Waals surface area contributed by atoms with Crippen molar-refractivity contribution in [2.75, 3.05) is 4.90 Å². The van der Waals surface area contributed by atoms with Gasteiger partial charge in [0.25, 0.3) is 11.7 Å². The summed E-state index contributed by atoms with van der Waals surface area (Å²) in [6.45, 7) is 4.13. The van der Waals surface area contributed by atoms with Crippen LogP contribution in [0.2, 0.25) is 0 Å². The first kappa shape index (κ1) is 16.1. The predicted molar refractivity (Wildman–Crippen MR) is 84.1 cm³/mol. The van der Waals surface area contributed by atoms with E-state index < -0.39 is 17.5 Å². The maximum Gasteiger partial charge on any atom is 0.299 e. The lowest BCUT2D eigenvalue weighted by Gasteiger charge is -2.27. The molecule has 0 aliphatic carbocycles. The highest BCUT2D eigenvalue weighted by atomic mass is 79.9. The van der Waals surface area contributed by atoms with Gasteiger partial charge in [-0.3, -0.25) is 9.59 Å². The van der Waals surface area contributed by atoms with E-state index in [-0.39, 0.29) is 16.1 Å². The summed E-state index contributed by atoms with van der Waals surface area (Å²) in [5, 5.41) is 0. The molecule has 0 saturated heterocycles. The van der Waals surface area contributed by atoms with E-state index in [9.17, 15) is 14.0 Å². The van der Waals surface area contributed by atoms with Gasteiger partial charge in [-0.05, 0) is 40.9 Å². The van der Waals surface area contributed by atoms with E-state index in [1.54, 1.807) is 4.90 Å². The molecule has 2 rings (SSSR count). The predicted octanol–water partition coefficient (Wildman–Crippen LogP) is 4.48. The number of ketones is 1. The van der Waals surface area contributed by atoms with E-state index in [2.05, 4.69) is 22.9 Å². The third-order valence-corrected chi connectivity index (χ3v) is 4.54. The number of carbonyl (C=O) groups excluding carboxylic acids is 2. The Balaban J connectivity index is 2.34. The van der Waals surface area contributed by atoms with Crippen molar-refractivity contribution in [3.05, 3.63) is 28.0 Å². The number of anilines is 1. The first-order valence-corrected chi connectivity index (χ1v) is 8.17. The molecule has 0 spiro atoms. The van der Waals surface area contributed by atoms with Crippen LogP contribution in [-0.2, 0) is 4.79 Å². The molecule has 1 aliphatic heterocycles. The monoisotopic (exact) mass is 355 g/mol. The van der Waals surface area contributed by atoms with Crippen LogP contribution in [0, 0.1) is 5.82 Å². The third kappa shape index (κ3) is 3.03. The molecule has 0 N–H and O–H groups in total. The Morgan fingerprint density at radius 2 is 1.95 bits per heavy atom. The Morgan fingerprint density at radius 1 is 1.24 bits per heavy atom. The van der Waals surface area contributed by atoms with Crippen LogP contribution in [0.25, 0.3) is 0 Å². The molecule has 21 heavy (non-hydrogen) atoms. The average molecular weight is 356 g/mol. The molecule has 1 aromatic carbocycles. The molecule has 5 heteroatoms. The van der Waals surface area contributed by atoms with Crippen molar-refractivity contribution in [3.63, 3.8) is 0 Å². The molecular weight excluding hydrogens is 337 g/mol. The second kappa shape index (κ2) is 6.69. The fourth-order valence-corrected chi connectivity index (χ4v) is 3.09. The van der Waals surface area contributed by atoms with E-state index in [0.29, 0.717) is 5.69 Å². The number of hydrogen-bond donors (Lipinski definition) is 0. The van der Waals surface area contributed by atoms with Crippen LogP contribution < -0.4 is 4.90 Å². The van der Waals surface area contributed by atoms with E-state index >= 15 is 0 Å². The van der Waals surface area contributed by atoms with Crippen LogP contribution >= 0.6 is 15.9 Å². The zero-order chi connectivity index (χ0) is 15.6. The number of benzene rings is 1. The van der Waals surface area contributed by atoms with Crippen LogP contribution in [0.1, 0.15) is 56.3 Å². The summed E-state index contributed by atoms with van der Waals surface area (Å²) in [5.74, 6) is -1.66. The van der Waals surface area contributed by atoms with Crippen molar-refractivity contribution < 1.29 is 14.0 Å². The number of Topliss-reactive ketones (excluding diaryl/α,β-unsaturated/α-hetero) is 1. The van der Waals surface area contributed by atoms with Gasteiger partial charge < -0.3 is 4.90 Å². The molecule has 1 atom stereocenters. The molecule has 1 aliphatic rings. The lowest BCUT2D eigenvalue weighted by molar-refractivity contribution is -0.114. The minimum absolute atomic E-state index is 0.00777. The smallest absolute Gasteiger partial charge is 0.299 e. The van der Waals surface area contributed by atoms with Crippen molar-refractivity contribution in [1.29, 1.82) is 0 Å². The number of nitrogens with zero attached hydrogens (tertiary/aromatic N) is 1. The lowest BCUT2D eigenvalue weighted by atomic mass is 10.0. The van der Waals surface area contributed by atoms with Gasteiger partial charge in [-0.25, -0.2) is 4.39 Å². The standard InChI is InChI=1S/C16H19BrFNO2/c1-3-5-6-7-10(4-2)19-14-9-12(17)13(18)8-11(14)15(20)16(19)21/h8-10H,3-7H2,1-2H3. The summed E-state index contributed by atoms with van der Waals surface area (Å²) in [6.07, 6.45) is 4.86.